The molecule has 100 valence electrons. The third kappa shape index (κ3) is 3.31. The molecule has 0 aliphatic heterocycles. The number of hydrogen-bond acceptors (Lipinski definition) is 6. The van der Waals surface area contributed by atoms with E-state index >= 15 is 0 Å². The van der Waals surface area contributed by atoms with E-state index in [0.717, 1.165) is 0 Å². The van der Waals surface area contributed by atoms with Crippen LogP contribution in [0, 0.1) is 6.92 Å². The van der Waals surface area contributed by atoms with E-state index in [1.807, 2.05) is 12.1 Å². The molecule has 0 aliphatic rings. The van der Waals surface area contributed by atoms with Gasteiger partial charge in [-0.05, 0) is 18.1 Å². The summed E-state index contributed by atoms with van der Waals surface area (Å²) in [6.07, 6.45) is 0. The Kier molecular flexibility index (Phi) is 4.12. The first-order valence-electron chi connectivity index (χ1n) is 5.85. The third-order valence-electron chi connectivity index (χ3n) is 2.66. The molecule has 0 atom stereocenters. The molecule has 2 rings (SSSR count). The number of hydrogen-bond donors (Lipinski definition) is 1. The first kappa shape index (κ1) is 13.1. The van der Waals surface area contributed by atoms with Crippen LogP contribution in [-0.4, -0.2) is 29.2 Å². The SMILES string of the molecule is COc1nc(NCc2ccccc2C)nc(OC)n1. The molecule has 1 N–H and O–H groups in total. The van der Waals surface area contributed by atoms with E-state index in [9.17, 15) is 0 Å². The van der Waals surface area contributed by atoms with E-state index in [2.05, 4.69) is 39.3 Å². The molecule has 0 bridgehead atoms. The number of rotatable bonds is 5. The van der Waals surface area contributed by atoms with E-state index in [1.165, 1.54) is 25.3 Å². The Hall–Kier alpha value is -2.37. The molecular formula is C13H16N4O2. The fourth-order valence-electron chi connectivity index (χ4n) is 1.58. The summed E-state index contributed by atoms with van der Waals surface area (Å²) in [6, 6.07) is 8.56. The maximum absolute atomic E-state index is 4.99. The number of ether oxygens (including phenoxy) is 2. The van der Waals surface area contributed by atoms with Crippen LogP contribution in [0.4, 0.5) is 5.95 Å². The van der Waals surface area contributed by atoms with Crippen LogP contribution < -0.4 is 14.8 Å². The maximum Gasteiger partial charge on any atom is 0.324 e. The van der Waals surface area contributed by atoms with Crippen molar-refractivity contribution in [3.8, 4) is 12.0 Å². The van der Waals surface area contributed by atoms with Gasteiger partial charge in [0.15, 0.2) is 0 Å². The highest BCUT2D eigenvalue weighted by Gasteiger charge is 2.07. The summed E-state index contributed by atoms with van der Waals surface area (Å²) in [6.45, 7) is 2.69. The van der Waals surface area contributed by atoms with E-state index < -0.39 is 0 Å². The van der Waals surface area contributed by atoms with Crippen LogP contribution in [0.1, 0.15) is 11.1 Å². The number of benzene rings is 1. The van der Waals surface area contributed by atoms with Gasteiger partial charge in [0, 0.05) is 6.54 Å². The first-order valence-corrected chi connectivity index (χ1v) is 5.85. The van der Waals surface area contributed by atoms with Crippen LogP contribution in [0.3, 0.4) is 0 Å². The van der Waals surface area contributed by atoms with E-state index in [1.54, 1.807) is 0 Å². The number of nitrogens with one attached hydrogen (secondary N) is 1. The van der Waals surface area contributed by atoms with Crippen LogP contribution in [0.15, 0.2) is 24.3 Å². The van der Waals surface area contributed by atoms with Gasteiger partial charge in [-0.2, -0.15) is 9.97 Å². The minimum Gasteiger partial charge on any atom is -0.467 e. The van der Waals surface area contributed by atoms with Gasteiger partial charge < -0.3 is 14.8 Å². The largest absolute Gasteiger partial charge is 0.467 e. The van der Waals surface area contributed by atoms with Crippen molar-refractivity contribution in [3.05, 3.63) is 35.4 Å². The summed E-state index contributed by atoms with van der Waals surface area (Å²) in [7, 11) is 3.00. The van der Waals surface area contributed by atoms with E-state index in [4.69, 9.17) is 9.47 Å². The van der Waals surface area contributed by atoms with Crippen molar-refractivity contribution < 1.29 is 9.47 Å². The highest BCUT2D eigenvalue weighted by Crippen LogP contribution is 2.14. The van der Waals surface area contributed by atoms with Crippen molar-refractivity contribution in [2.45, 2.75) is 13.5 Å². The molecule has 0 radical (unpaired) electrons. The topological polar surface area (TPSA) is 69.2 Å². The van der Waals surface area contributed by atoms with Crippen molar-refractivity contribution in [3.63, 3.8) is 0 Å². The molecule has 6 nitrogen and oxygen atoms in total. The molecule has 0 fully saturated rings. The second-order valence-corrected chi connectivity index (χ2v) is 3.91. The summed E-state index contributed by atoms with van der Waals surface area (Å²) in [5.74, 6) is 0.423. The molecule has 1 aromatic heterocycles. The van der Waals surface area contributed by atoms with Crippen molar-refractivity contribution >= 4 is 5.95 Å². The summed E-state index contributed by atoms with van der Waals surface area (Å²) in [5, 5.41) is 3.13. The zero-order valence-electron chi connectivity index (χ0n) is 11.2. The lowest BCUT2D eigenvalue weighted by molar-refractivity contribution is 0.341. The predicted octanol–water partition coefficient (Wildman–Crippen LogP) is 1.81. The molecule has 1 aromatic carbocycles. The average molecular weight is 260 g/mol. The standard InChI is InChI=1S/C13H16N4O2/c1-9-6-4-5-7-10(9)8-14-11-15-12(18-2)17-13(16-11)19-3/h4-7H,8H2,1-3H3,(H,14,15,16,17). The van der Waals surface area contributed by atoms with E-state index in [0.29, 0.717) is 12.5 Å². The van der Waals surface area contributed by atoms with Gasteiger partial charge in [0.25, 0.3) is 0 Å². The van der Waals surface area contributed by atoms with Gasteiger partial charge in [-0.25, -0.2) is 0 Å². The van der Waals surface area contributed by atoms with Crippen molar-refractivity contribution in [1.82, 2.24) is 15.0 Å². The van der Waals surface area contributed by atoms with Gasteiger partial charge in [-0.1, -0.05) is 24.3 Å². The zero-order chi connectivity index (χ0) is 13.7. The van der Waals surface area contributed by atoms with Gasteiger partial charge >= 0.3 is 12.0 Å². The minimum absolute atomic E-state index is 0.221. The van der Waals surface area contributed by atoms with Crippen LogP contribution in [-0.2, 0) is 6.54 Å². The monoisotopic (exact) mass is 260 g/mol. The predicted molar refractivity (Wildman–Crippen MR) is 71.4 cm³/mol. The second-order valence-electron chi connectivity index (χ2n) is 3.91. The molecule has 0 unspecified atom stereocenters. The Morgan fingerprint density at radius 1 is 1.00 bits per heavy atom. The Balaban J connectivity index is 2.13. The van der Waals surface area contributed by atoms with Gasteiger partial charge in [-0.3, -0.25) is 0 Å². The van der Waals surface area contributed by atoms with Crippen LogP contribution in [0.25, 0.3) is 0 Å². The van der Waals surface area contributed by atoms with Gasteiger partial charge in [0.2, 0.25) is 5.95 Å². The Bertz CT molecular complexity index is 538. The fraction of sp³-hybridized carbons (Fsp3) is 0.308. The molecular weight excluding hydrogens is 244 g/mol. The molecule has 0 spiro atoms. The highest BCUT2D eigenvalue weighted by atomic mass is 16.5. The molecule has 0 amide bonds. The highest BCUT2D eigenvalue weighted by molar-refractivity contribution is 5.33. The van der Waals surface area contributed by atoms with Crippen LogP contribution >= 0.6 is 0 Å². The lowest BCUT2D eigenvalue weighted by atomic mass is 10.1. The number of aryl methyl sites for hydroxylation is 1. The lowest BCUT2D eigenvalue weighted by Crippen LogP contribution is -2.07. The van der Waals surface area contributed by atoms with Gasteiger partial charge in [-0.15, -0.1) is 4.98 Å². The average Bonchev–Trinajstić information content (AvgIpc) is 2.46. The van der Waals surface area contributed by atoms with Gasteiger partial charge in [0.1, 0.15) is 0 Å². The fourth-order valence-corrected chi connectivity index (χ4v) is 1.58. The molecule has 1 heterocycles. The lowest BCUT2D eigenvalue weighted by Gasteiger charge is -2.09. The van der Waals surface area contributed by atoms with E-state index in [-0.39, 0.29) is 12.0 Å². The maximum atomic E-state index is 4.99. The van der Waals surface area contributed by atoms with Crippen LogP contribution in [0.2, 0.25) is 0 Å². The molecule has 0 saturated heterocycles. The minimum atomic E-state index is 0.221. The molecule has 0 aliphatic carbocycles. The number of aromatic nitrogens is 3. The Morgan fingerprint density at radius 2 is 1.63 bits per heavy atom. The van der Waals surface area contributed by atoms with Crippen molar-refractivity contribution in [2.75, 3.05) is 19.5 Å². The summed E-state index contributed by atoms with van der Waals surface area (Å²) in [5.41, 5.74) is 2.39. The molecule has 19 heavy (non-hydrogen) atoms. The molecule has 0 saturated carbocycles. The van der Waals surface area contributed by atoms with Crippen molar-refractivity contribution in [2.24, 2.45) is 0 Å². The summed E-state index contributed by atoms with van der Waals surface area (Å²) >= 11 is 0. The number of anilines is 1. The third-order valence-corrected chi connectivity index (χ3v) is 2.66. The quantitative estimate of drug-likeness (QED) is 0.884. The van der Waals surface area contributed by atoms with Gasteiger partial charge in [0.05, 0.1) is 14.2 Å². The molecule has 6 heteroatoms. The zero-order valence-corrected chi connectivity index (χ0v) is 11.2. The molecule has 2 aromatic rings. The smallest absolute Gasteiger partial charge is 0.324 e. The summed E-state index contributed by atoms with van der Waals surface area (Å²) < 4.78 is 9.98. The summed E-state index contributed by atoms with van der Waals surface area (Å²) in [4.78, 5) is 12.2. The number of nitrogens with zero attached hydrogens (tertiary/aromatic N) is 3. The first-order chi connectivity index (χ1) is 9.22. The van der Waals surface area contributed by atoms with Crippen LogP contribution in [0.5, 0.6) is 12.0 Å². The normalized spacial score (nSPS) is 10.1. The Morgan fingerprint density at radius 3 is 2.21 bits per heavy atom. The van der Waals surface area contributed by atoms with Crippen molar-refractivity contribution in [1.29, 1.82) is 0 Å². The number of methoxy groups -OCH3 is 2. The Labute approximate surface area is 111 Å². The second kappa shape index (κ2) is 5.99.